The summed E-state index contributed by atoms with van der Waals surface area (Å²) in [5.41, 5.74) is 0. The van der Waals surface area contributed by atoms with Gasteiger partial charge in [-0.1, -0.05) is 19.9 Å². The van der Waals surface area contributed by atoms with Crippen LogP contribution in [-0.2, 0) is 0 Å². The van der Waals surface area contributed by atoms with Gasteiger partial charge < -0.3 is 4.90 Å². The first-order valence-electron chi connectivity index (χ1n) is 2.97. The van der Waals surface area contributed by atoms with Gasteiger partial charge >= 0.3 is 0 Å². The largest absolute Gasteiger partial charge is 0.384 e. The van der Waals surface area contributed by atoms with E-state index in [1.807, 2.05) is 19.0 Å². The topological polar surface area (TPSA) is 3.24 Å². The number of rotatable bonds is 2. The fraction of sp³-hybridized carbons (Fsp3) is 0.714. The molecule has 0 rings (SSSR count). The Labute approximate surface area is 52.0 Å². The van der Waals surface area contributed by atoms with Crippen molar-refractivity contribution in [2.24, 2.45) is 5.92 Å². The zero-order chi connectivity index (χ0) is 6.57. The average molecular weight is 113 g/mol. The zero-order valence-electron chi connectivity index (χ0n) is 6.18. The molecule has 0 heterocycles. The van der Waals surface area contributed by atoms with Crippen molar-refractivity contribution in [3.63, 3.8) is 0 Å². The van der Waals surface area contributed by atoms with Gasteiger partial charge in [-0.05, 0) is 12.1 Å². The van der Waals surface area contributed by atoms with Crippen LogP contribution in [0.3, 0.4) is 0 Å². The molecule has 0 atom stereocenters. The molecule has 48 valence electrons. The van der Waals surface area contributed by atoms with Gasteiger partial charge in [0.2, 0.25) is 0 Å². The van der Waals surface area contributed by atoms with E-state index in [-0.39, 0.29) is 0 Å². The first-order valence-corrected chi connectivity index (χ1v) is 2.97. The highest BCUT2D eigenvalue weighted by Crippen LogP contribution is 1.92. The molecular formula is C7H15N. The minimum atomic E-state index is 0.664. The Kier molecular flexibility index (Phi) is 3.33. The Hall–Kier alpha value is -0.460. The van der Waals surface area contributed by atoms with Crippen LogP contribution >= 0.6 is 0 Å². The van der Waals surface area contributed by atoms with Crippen LogP contribution in [0.25, 0.3) is 0 Å². The predicted molar refractivity (Wildman–Crippen MR) is 37.7 cm³/mol. The molecule has 0 aliphatic rings. The summed E-state index contributed by atoms with van der Waals surface area (Å²) in [4.78, 5) is 2.04. The van der Waals surface area contributed by atoms with Gasteiger partial charge in [0.05, 0.1) is 0 Å². The SMILES string of the molecule is CC(C)/C=C/N(C)C. The molecule has 0 saturated heterocycles. The van der Waals surface area contributed by atoms with Crippen molar-refractivity contribution >= 4 is 0 Å². The summed E-state index contributed by atoms with van der Waals surface area (Å²) in [5, 5.41) is 0. The molecule has 0 aliphatic heterocycles. The zero-order valence-corrected chi connectivity index (χ0v) is 6.18. The summed E-state index contributed by atoms with van der Waals surface area (Å²) in [6.45, 7) is 4.33. The van der Waals surface area contributed by atoms with Crippen molar-refractivity contribution in [1.82, 2.24) is 4.90 Å². The first kappa shape index (κ1) is 7.54. The van der Waals surface area contributed by atoms with E-state index in [0.717, 1.165) is 0 Å². The quantitative estimate of drug-likeness (QED) is 0.527. The Morgan fingerprint density at radius 3 is 1.88 bits per heavy atom. The Balaban J connectivity index is 3.34. The summed E-state index contributed by atoms with van der Waals surface area (Å²) in [7, 11) is 4.05. The monoisotopic (exact) mass is 113 g/mol. The fourth-order valence-corrected chi connectivity index (χ4v) is 0.344. The Morgan fingerprint density at radius 1 is 1.25 bits per heavy atom. The molecular weight excluding hydrogens is 98.1 g/mol. The molecule has 0 spiro atoms. The van der Waals surface area contributed by atoms with Gasteiger partial charge in [-0.2, -0.15) is 0 Å². The summed E-state index contributed by atoms with van der Waals surface area (Å²) >= 11 is 0. The second-order valence-electron chi connectivity index (χ2n) is 2.55. The van der Waals surface area contributed by atoms with Gasteiger partial charge in [0.25, 0.3) is 0 Å². The molecule has 0 bridgehead atoms. The number of allylic oxidation sites excluding steroid dienone is 1. The molecule has 0 aromatic carbocycles. The number of hydrogen-bond donors (Lipinski definition) is 0. The summed E-state index contributed by atoms with van der Waals surface area (Å²) in [5.74, 6) is 0.664. The van der Waals surface area contributed by atoms with Gasteiger partial charge in [-0.3, -0.25) is 0 Å². The third-order valence-corrected chi connectivity index (χ3v) is 0.769. The van der Waals surface area contributed by atoms with E-state index in [1.165, 1.54) is 0 Å². The molecule has 0 fully saturated rings. The smallest absolute Gasteiger partial charge is 0.00555 e. The predicted octanol–water partition coefficient (Wildman–Crippen LogP) is 1.72. The second-order valence-corrected chi connectivity index (χ2v) is 2.55. The Morgan fingerprint density at radius 2 is 1.75 bits per heavy atom. The van der Waals surface area contributed by atoms with Gasteiger partial charge in [0.1, 0.15) is 0 Å². The maximum absolute atomic E-state index is 2.17. The van der Waals surface area contributed by atoms with E-state index in [2.05, 4.69) is 26.1 Å². The molecule has 0 aromatic heterocycles. The number of hydrogen-bond acceptors (Lipinski definition) is 1. The summed E-state index contributed by atoms with van der Waals surface area (Å²) in [6, 6.07) is 0. The lowest BCUT2D eigenvalue weighted by molar-refractivity contribution is 0.556. The van der Waals surface area contributed by atoms with Crippen molar-refractivity contribution < 1.29 is 0 Å². The van der Waals surface area contributed by atoms with Crippen LogP contribution in [0.4, 0.5) is 0 Å². The molecule has 0 aliphatic carbocycles. The second kappa shape index (κ2) is 3.53. The minimum absolute atomic E-state index is 0.664. The molecule has 0 unspecified atom stereocenters. The van der Waals surface area contributed by atoms with Gasteiger partial charge in [0, 0.05) is 14.1 Å². The van der Waals surface area contributed by atoms with Crippen LogP contribution < -0.4 is 0 Å². The summed E-state index contributed by atoms with van der Waals surface area (Å²) in [6.07, 6.45) is 4.24. The van der Waals surface area contributed by atoms with Gasteiger partial charge in [-0.15, -0.1) is 0 Å². The van der Waals surface area contributed by atoms with E-state index in [4.69, 9.17) is 0 Å². The maximum atomic E-state index is 2.17. The maximum Gasteiger partial charge on any atom is 0.00555 e. The lowest BCUT2D eigenvalue weighted by Gasteiger charge is -2.03. The van der Waals surface area contributed by atoms with E-state index in [0.29, 0.717) is 5.92 Å². The normalized spacial score (nSPS) is 11.1. The first-order chi connectivity index (χ1) is 3.63. The van der Waals surface area contributed by atoms with Crippen molar-refractivity contribution in [1.29, 1.82) is 0 Å². The van der Waals surface area contributed by atoms with Crippen LogP contribution in [0, 0.1) is 5.92 Å². The highest BCUT2D eigenvalue weighted by Gasteiger charge is 1.81. The third kappa shape index (κ3) is 5.54. The van der Waals surface area contributed by atoms with E-state index >= 15 is 0 Å². The molecule has 8 heavy (non-hydrogen) atoms. The van der Waals surface area contributed by atoms with Crippen LogP contribution in [-0.4, -0.2) is 19.0 Å². The van der Waals surface area contributed by atoms with Crippen molar-refractivity contribution in [2.45, 2.75) is 13.8 Å². The molecule has 0 N–H and O–H groups in total. The number of nitrogens with zero attached hydrogens (tertiary/aromatic N) is 1. The highest BCUT2D eigenvalue weighted by molar-refractivity contribution is 4.81. The molecule has 1 heteroatoms. The van der Waals surface area contributed by atoms with Crippen LogP contribution in [0.2, 0.25) is 0 Å². The lowest BCUT2D eigenvalue weighted by Crippen LogP contribution is -2.00. The average Bonchev–Trinajstić information content (AvgIpc) is 1.61. The van der Waals surface area contributed by atoms with Crippen molar-refractivity contribution in [3.8, 4) is 0 Å². The van der Waals surface area contributed by atoms with Gasteiger partial charge in [-0.25, -0.2) is 0 Å². The van der Waals surface area contributed by atoms with Crippen molar-refractivity contribution in [3.05, 3.63) is 12.3 Å². The summed E-state index contributed by atoms with van der Waals surface area (Å²) < 4.78 is 0. The van der Waals surface area contributed by atoms with E-state index < -0.39 is 0 Å². The van der Waals surface area contributed by atoms with Crippen LogP contribution in [0.15, 0.2) is 12.3 Å². The van der Waals surface area contributed by atoms with Gasteiger partial charge in [0.15, 0.2) is 0 Å². The van der Waals surface area contributed by atoms with Crippen molar-refractivity contribution in [2.75, 3.05) is 14.1 Å². The minimum Gasteiger partial charge on any atom is -0.384 e. The molecule has 0 saturated carbocycles. The molecule has 0 radical (unpaired) electrons. The third-order valence-electron chi connectivity index (χ3n) is 0.769. The fourth-order valence-electron chi connectivity index (χ4n) is 0.344. The molecule has 1 nitrogen and oxygen atoms in total. The Bertz CT molecular complexity index is 62.5. The lowest BCUT2D eigenvalue weighted by atomic mass is 10.2. The molecule has 0 aromatic rings. The van der Waals surface area contributed by atoms with E-state index in [1.54, 1.807) is 0 Å². The van der Waals surface area contributed by atoms with E-state index in [9.17, 15) is 0 Å². The molecule has 0 amide bonds. The standard InChI is InChI=1S/C7H15N/c1-7(2)5-6-8(3)4/h5-7H,1-4H3/b6-5+. The van der Waals surface area contributed by atoms with Crippen LogP contribution in [0.5, 0.6) is 0 Å². The highest BCUT2D eigenvalue weighted by atomic mass is 15.0. The van der Waals surface area contributed by atoms with Crippen LogP contribution in [0.1, 0.15) is 13.8 Å².